The Balaban J connectivity index is 2.12. The highest BCUT2D eigenvalue weighted by Gasteiger charge is 2.16. The fourth-order valence-corrected chi connectivity index (χ4v) is 2.50. The molecule has 0 bridgehead atoms. The van der Waals surface area contributed by atoms with Gasteiger partial charge in [-0.2, -0.15) is 5.10 Å². The smallest absolute Gasteiger partial charge is 0.0928 e. The van der Waals surface area contributed by atoms with Crippen molar-refractivity contribution in [3.05, 3.63) is 28.5 Å². The molecule has 18 heavy (non-hydrogen) atoms. The maximum atomic E-state index is 4.38. The first kappa shape index (κ1) is 13.2. The van der Waals surface area contributed by atoms with Crippen molar-refractivity contribution in [1.82, 2.24) is 24.7 Å². The van der Waals surface area contributed by atoms with Gasteiger partial charge >= 0.3 is 0 Å². The molecule has 6 heteroatoms. The van der Waals surface area contributed by atoms with Crippen LogP contribution in [0.15, 0.2) is 11.4 Å². The minimum absolute atomic E-state index is 0.221. The van der Waals surface area contributed by atoms with Gasteiger partial charge in [-0.15, -0.1) is 5.10 Å². The number of aromatic nitrogens is 4. The van der Waals surface area contributed by atoms with Crippen LogP contribution in [0.4, 0.5) is 0 Å². The third kappa shape index (κ3) is 3.14. The van der Waals surface area contributed by atoms with Gasteiger partial charge in [-0.1, -0.05) is 11.4 Å². The normalized spacial score (nSPS) is 12.8. The highest BCUT2D eigenvalue weighted by Crippen LogP contribution is 2.17. The van der Waals surface area contributed by atoms with Crippen LogP contribution in [-0.4, -0.2) is 25.9 Å². The van der Waals surface area contributed by atoms with E-state index in [1.165, 1.54) is 17.2 Å². The predicted octanol–water partition coefficient (Wildman–Crippen LogP) is 1.86. The van der Waals surface area contributed by atoms with E-state index in [9.17, 15) is 0 Å². The highest BCUT2D eigenvalue weighted by molar-refractivity contribution is 7.03. The van der Waals surface area contributed by atoms with Gasteiger partial charge in [-0.25, -0.2) is 0 Å². The second-order valence-electron chi connectivity index (χ2n) is 4.44. The Kier molecular flexibility index (Phi) is 4.43. The average molecular weight is 265 g/mol. The summed E-state index contributed by atoms with van der Waals surface area (Å²) in [6, 6.07) is 2.35. The Morgan fingerprint density at radius 2 is 2.33 bits per heavy atom. The van der Waals surface area contributed by atoms with E-state index in [1.54, 1.807) is 0 Å². The Bertz CT molecular complexity index is 477. The second-order valence-corrected chi connectivity index (χ2v) is 5.05. The number of hydrogen-bond donors (Lipinski definition) is 1. The van der Waals surface area contributed by atoms with E-state index in [4.69, 9.17) is 0 Å². The lowest BCUT2D eigenvalue weighted by molar-refractivity contribution is 0.501. The lowest BCUT2D eigenvalue weighted by atomic mass is 10.1. The maximum Gasteiger partial charge on any atom is 0.0928 e. The van der Waals surface area contributed by atoms with Gasteiger partial charge in [-0.05, 0) is 37.5 Å². The van der Waals surface area contributed by atoms with E-state index >= 15 is 0 Å². The molecule has 0 aromatic carbocycles. The summed E-state index contributed by atoms with van der Waals surface area (Å²) in [6.45, 7) is 5.17. The SMILES string of the molecule is CCCNC(Cc1cc(C)nn1C)c1csnn1. The quantitative estimate of drug-likeness (QED) is 0.866. The van der Waals surface area contributed by atoms with Crippen molar-refractivity contribution in [3.8, 4) is 0 Å². The van der Waals surface area contributed by atoms with Crippen LogP contribution >= 0.6 is 11.5 Å². The lowest BCUT2D eigenvalue weighted by Crippen LogP contribution is -2.25. The Morgan fingerprint density at radius 1 is 1.50 bits per heavy atom. The summed E-state index contributed by atoms with van der Waals surface area (Å²) in [6.07, 6.45) is 2.00. The standard InChI is InChI=1S/C12H19N5S/c1-4-5-13-11(12-8-18-16-14-12)7-10-6-9(2)15-17(10)3/h6,8,11,13H,4-5,7H2,1-3H3. The first-order chi connectivity index (χ1) is 8.70. The summed E-state index contributed by atoms with van der Waals surface area (Å²) in [5, 5.41) is 14.1. The molecule has 1 unspecified atom stereocenters. The molecule has 2 heterocycles. The zero-order valence-electron chi connectivity index (χ0n) is 11.1. The largest absolute Gasteiger partial charge is 0.308 e. The Hall–Kier alpha value is -1.27. The fourth-order valence-electron chi connectivity index (χ4n) is 1.99. The summed E-state index contributed by atoms with van der Waals surface area (Å²) in [5.74, 6) is 0. The average Bonchev–Trinajstić information content (AvgIpc) is 2.95. The molecule has 2 aromatic rings. The number of nitrogens with zero attached hydrogens (tertiary/aromatic N) is 4. The summed E-state index contributed by atoms with van der Waals surface area (Å²) in [7, 11) is 1.98. The zero-order valence-corrected chi connectivity index (χ0v) is 11.9. The molecule has 0 saturated heterocycles. The fraction of sp³-hybridized carbons (Fsp3) is 0.583. The molecular formula is C12H19N5S. The zero-order chi connectivity index (χ0) is 13.0. The second kappa shape index (κ2) is 6.06. The summed E-state index contributed by atoms with van der Waals surface area (Å²) < 4.78 is 5.89. The van der Waals surface area contributed by atoms with E-state index in [0.29, 0.717) is 0 Å². The first-order valence-electron chi connectivity index (χ1n) is 6.20. The summed E-state index contributed by atoms with van der Waals surface area (Å²) in [4.78, 5) is 0. The third-order valence-electron chi connectivity index (χ3n) is 2.89. The van der Waals surface area contributed by atoms with Gasteiger partial charge in [-0.3, -0.25) is 4.68 Å². The molecule has 0 aliphatic rings. The van der Waals surface area contributed by atoms with Crippen LogP contribution in [0.3, 0.4) is 0 Å². The molecule has 0 aliphatic heterocycles. The summed E-state index contributed by atoms with van der Waals surface area (Å²) in [5.41, 5.74) is 3.29. The molecule has 2 rings (SSSR count). The molecular weight excluding hydrogens is 246 g/mol. The van der Waals surface area contributed by atoms with E-state index in [1.807, 2.05) is 24.0 Å². The maximum absolute atomic E-state index is 4.38. The lowest BCUT2D eigenvalue weighted by Gasteiger charge is -2.15. The van der Waals surface area contributed by atoms with E-state index in [2.05, 4.69) is 33.0 Å². The van der Waals surface area contributed by atoms with E-state index in [-0.39, 0.29) is 6.04 Å². The highest BCUT2D eigenvalue weighted by atomic mass is 32.1. The van der Waals surface area contributed by atoms with Crippen LogP contribution in [0.2, 0.25) is 0 Å². The molecule has 0 aliphatic carbocycles. The molecule has 0 fully saturated rings. The van der Waals surface area contributed by atoms with E-state index in [0.717, 1.165) is 30.8 Å². The third-order valence-corrected chi connectivity index (χ3v) is 3.41. The van der Waals surface area contributed by atoms with Crippen LogP contribution < -0.4 is 5.32 Å². The molecule has 1 N–H and O–H groups in total. The van der Waals surface area contributed by atoms with Gasteiger partial charge < -0.3 is 5.32 Å². The van der Waals surface area contributed by atoms with Crippen molar-refractivity contribution in [2.24, 2.45) is 7.05 Å². The Labute approximate surface area is 111 Å². The Morgan fingerprint density at radius 3 is 2.89 bits per heavy atom. The van der Waals surface area contributed by atoms with Gasteiger partial charge in [0.15, 0.2) is 0 Å². The van der Waals surface area contributed by atoms with Crippen LogP contribution in [-0.2, 0) is 13.5 Å². The van der Waals surface area contributed by atoms with Crippen LogP contribution in [0, 0.1) is 6.92 Å². The number of rotatable bonds is 6. The topological polar surface area (TPSA) is 55.6 Å². The molecule has 2 aromatic heterocycles. The van der Waals surface area contributed by atoms with Gasteiger partial charge in [0.05, 0.1) is 17.4 Å². The summed E-state index contributed by atoms with van der Waals surface area (Å²) >= 11 is 1.40. The molecule has 5 nitrogen and oxygen atoms in total. The molecule has 1 atom stereocenters. The van der Waals surface area contributed by atoms with Crippen molar-refractivity contribution in [1.29, 1.82) is 0 Å². The van der Waals surface area contributed by atoms with Crippen molar-refractivity contribution in [2.75, 3.05) is 6.54 Å². The van der Waals surface area contributed by atoms with Gasteiger partial charge in [0, 0.05) is 24.5 Å². The van der Waals surface area contributed by atoms with Crippen LogP contribution in [0.25, 0.3) is 0 Å². The first-order valence-corrected chi connectivity index (χ1v) is 7.04. The molecule has 0 spiro atoms. The number of nitrogens with one attached hydrogen (secondary N) is 1. The van der Waals surface area contributed by atoms with E-state index < -0.39 is 0 Å². The van der Waals surface area contributed by atoms with Gasteiger partial charge in [0.1, 0.15) is 0 Å². The monoisotopic (exact) mass is 265 g/mol. The number of aryl methyl sites for hydroxylation is 2. The van der Waals surface area contributed by atoms with Gasteiger partial charge in [0.2, 0.25) is 0 Å². The van der Waals surface area contributed by atoms with Gasteiger partial charge in [0.25, 0.3) is 0 Å². The van der Waals surface area contributed by atoms with Crippen molar-refractivity contribution < 1.29 is 0 Å². The molecule has 0 amide bonds. The van der Waals surface area contributed by atoms with Crippen molar-refractivity contribution in [3.63, 3.8) is 0 Å². The minimum atomic E-state index is 0.221. The number of hydrogen-bond acceptors (Lipinski definition) is 5. The van der Waals surface area contributed by atoms with Crippen LogP contribution in [0.1, 0.15) is 36.5 Å². The van der Waals surface area contributed by atoms with Crippen molar-refractivity contribution >= 4 is 11.5 Å². The molecule has 0 radical (unpaired) electrons. The predicted molar refractivity (Wildman–Crippen MR) is 72.6 cm³/mol. The minimum Gasteiger partial charge on any atom is -0.308 e. The molecule has 0 saturated carbocycles. The molecule has 98 valence electrons. The van der Waals surface area contributed by atoms with Crippen LogP contribution in [0.5, 0.6) is 0 Å². The van der Waals surface area contributed by atoms with Crippen molar-refractivity contribution in [2.45, 2.75) is 32.7 Å².